The molecule has 2 N–H and O–H groups in total. The Kier molecular flexibility index (Phi) is 6.73. The van der Waals surface area contributed by atoms with Crippen molar-refractivity contribution < 1.29 is 19.5 Å². The normalized spacial score (nSPS) is 29.4. The first-order valence-corrected chi connectivity index (χ1v) is 5.55. The van der Waals surface area contributed by atoms with Gasteiger partial charge >= 0.3 is 0 Å². The topological polar surface area (TPSA) is 29.3 Å². The third kappa shape index (κ3) is 4.24. The molecule has 13 heavy (non-hydrogen) atoms. The number of nitrogens with zero attached hydrogens (tertiary/aromatic N) is 1. The number of hydrogen-bond donors (Lipinski definition) is 1. The van der Waals surface area contributed by atoms with Gasteiger partial charge in [0.05, 0.1) is 0 Å². The molecule has 5 heteroatoms. The second-order valence-electron chi connectivity index (χ2n) is 3.40. The number of hydrogen-bond acceptors (Lipinski definition) is 3. The Morgan fingerprint density at radius 1 is 1.38 bits per heavy atom. The van der Waals surface area contributed by atoms with E-state index in [1.807, 2.05) is 0 Å². The van der Waals surface area contributed by atoms with Crippen LogP contribution in [0.5, 0.6) is 0 Å². The molecule has 2 atom stereocenters. The van der Waals surface area contributed by atoms with E-state index in [9.17, 15) is 0 Å². The fraction of sp³-hybridized carbons (Fsp3) is 0.875. The van der Waals surface area contributed by atoms with E-state index < -0.39 is 0 Å². The van der Waals surface area contributed by atoms with Crippen molar-refractivity contribution in [2.24, 2.45) is 5.73 Å². The second-order valence-corrected chi connectivity index (χ2v) is 5.14. The summed E-state index contributed by atoms with van der Waals surface area (Å²) in [5, 5.41) is 0. The molecular weight excluding hydrogens is 254 g/mol. The van der Waals surface area contributed by atoms with Gasteiger partial charge in [-0.25, -0.2) is 4.31 Å². The molecule has 1 aliphatic heterocycles. The van der Waals surface area contributed by atoms with E-state index in [1.165, 1.54) is 31.2 Å². The van der Waals surface area contributed by atoms with E-state index >= 15 is 0 Å². The van der Waals surface area contributed by atoms with E-state index in [-0.39, 0.29) is 19.5 Å². The van der Waals surface area contributed by atoms with E-state index in [1.54, 1.807) is 0 Å². The first-order valence-electron chi connectivity index (χ1n) is 4.37. The molecule has 1 rings (SSSR count). The van der Waals surface area contributed by atoms with Crippen molar-refractivity contribution in [3.63, 3.8) is 0 Å². The molecule has 72 valence electrons. The number of nitrogens with two attached hydrogens (primary N) is 1. The third-order valence-electron chi connectivity index (χ3n) is 2.31. The summed E-state index contributed by atoms with van der Waals surface area (Å²) in [5.74, 6) is 0. The summed E-state index contributed by atoms with van der Waals surface area (Å²) in [6.45, 7) is 4.47. The molecule has 0 bridgehead atoms. The molecule has 1 aliphatic rings. The van der Waals surface area contributed by atoms with Crippen LogP contribution >= 0.6 is 24.2 Å². The fourth-order valence-corrected chi connectivity index (χ4v) is 2.72. The van der Waals surface area contributed by atoms with Crippen LogP contribution < -0.4 is 5.73 Å². The van der Waals surface area contributed by atoms with Crippen molar-refractivity contribution in [3.8, 4) is 0 Å². The summed E-state index contributed by atoms with van der Waals surface area (Å²) in [4.78, 5) is 0. The monoisotopic (exact) mass is 268 g/mol. The zero-order chi connectivity index (χ0) is 9.14. The van der Waals surface area contributed by atoms with E-state index in [2.05, 4.69) is 18.2 Å². The van der Waals surface area contributed by atoms with Gasteiger partial charge in [-0.3, -0.25) is 0 Å². The summed E-state index contributed by atoms with van der Waals surface area (Å²) in [7, 11) is 0. The van der Waals surface area contributed by atoms with Gasteiger partial charge in [0.25, 0.3) is 0 Å². The van der Waals surface area contributed by atoms with Crippen molar-refractivity contribution in [1.29, 1.82) is 0 Å². The number of piperidine rings is 1. The van der Waals surface area contributed by atoms with Crippen LogP contribution in [0.25, 0.3) is 0 Å². The Balaban J connectivity index is 0.00000144. The second kappa shape index (κ2) is 6.33. The van der Waals surface area contributed by atoms with Crippen LogP contribution in [0.1, 0.15) is 33.1 Å². The fourth-order valence-electron chi connectivity index (χ4n) is 1.68. The molecule has 0 aromatic heterocycles. The largest absolute Gasteiger partial charge is 0.384 e. The van der Waals surface area contributed by atoms with E-state index in [0.717, 1.165) is 0 Å². The number of rotatable bonds is 1. The van der Waals surface area contributed by atoms with Crippen LogP contribution in [0, 0.1) is 0 Å². The Morgan fingerprint density at radius 2 is 1.85 bits per heavy atom. The summed E-state index contributed by atoms with van der Waals surface area (Å²) in [6, 6.07) is 1.22. The van der Waals surface area contributed by atoms with Gasteiger partial charge in [0.2, 0.25) is 0 Å². The smallest absolute Gasteiger partial charge is 0.146 e. The predicted molar refractivity (Wildman–Crippen MR) is 59.0 cm³/mol. The molecule has 2 unspecified atom stereocenters. The van der Waals surface area contributed by atoms with Gasteiger partial charge in [-0.15, -0.1) is 0 Å². The average molecular weight is 270 g/mol. The minimum absolute atomic E-state index is 0. The molecule has 0 aliphatic carbocycles. The third-order valence-corrected chi connectivity index (χ3v) is 3.64. The van der Waals surface area contributed by atoms with Crippen molar-refractivity contribution in [3.05, 3.63) is 0 Å². The van der Waals surface area contributed by atoms with Gasteiger partial charge in [-0.05, 0) is 38.6 Å². The van der Waals surface area contributed by atoms with Crippen molar-refractivity contribution >= 4 is 28.5 Å². The van der Waals surface area contributed by atoms with Gasteiger partial charge in [-0.2, -0.15) is 0 Å². The minimum atomic E-state index is 0. The standard InChI is InChI=1S/C8H16N2S2.Zn/c1-6-4-3-5-7(2)10(6)12-8(9)11;/h6-7H,3-5H2,1-2H3,(H2,9,11);. The van der Waals surface area contributed by atoms with Crippen LogP contribution in [0.4, 0.5) is 0 Å². The predicted octanol–water partition coefficient (Wildman–Crippen LogP) is 2.14. The van der Waals surface area contributed by atoms with Crippen LogP contribution in [0.15, 0.2) is 0 Å². The maximum Gasteiger partial charge on any atom is 0.146 e. The SMILES string of the molecule is CC1CCCC(C)N1SC(N)=S.[Zn]. The summed E-state index contributed by atoms with van der Waals surface area (Å²) < 4.78 is 2.86. The van der Waals surface area contributed by atoms with Crippen molar-refractivity contribution in [2.45, 2.75) is 45.2 Å². The van der Waals surface area contributed by atoms with Crippen molar-refractivity contribution in [2.75, 3.05) is 0 Å². The van der Waals surface area contributed by atoms with Gasteiger partial charge in [0.1, 0.15) is 4.32 Å². The van der Waals surface area contributed by atoms with Crippen LogP contribution in [-0.2, 0) is 19.5 Å². The molecular formula is C8H16N2S2Zn. The Bertz CT molecular complexity index is 168. The maximum atomic E-state index is 5.50. The van der Waals surface area contributed by atoms with Gasteiger partial charge in [0, 0.05) is 31.6 Å². The van der Waals surface area contributed by atoms with Crippen LogP contribution in [-0.4, -0.2) is 20.7 Å². The molecule has 1 saturated heterocycles. The quantitative estimate of drug-likeness (QED) is 0.449. The van der Waals surface area contributed by atoms with Crippen LogP contribution in [0.3, 0.4) is 0 Å². The Morgan fingerprint density at radius 3 is 2.23 bits per heavy atom. The molecule has 1 heterocycles. The molecule has 0 amide bonds. The molecule has 0 aromatic carbocycles. The minimum Gasteiger partial charge on any atom is -0.384 e. The molecule has 0 saturated carbocycles. The summed E-state index contributed by atoms with van der Waals surface area (Å²) >= 11 is 6.42. The molecule has 0 aromatic rings. The Labute approximate surface area is 103 Å². The first kappa shape index (κ1) is 13.8. The van der Waals surface area contributed by atoms with Crippen molar-refractivity contribution in [1.82, 2.24) is 4.31 Å². The summed E-state index contributed by atoms with van der Waals surface area (Å²) in [6.07, 6.45) is 3.86. The van der Waals surface area contributed by atoms with E-state index in [4.69, 9.17) is 18.0 Å². The van der Waals surface area contributed by atoms with E-state index in [0.29, 0.717) is 16.4 Å². The molecule has 1 fully saturated rings. The van der Waals surface area contributed by atoms with Gasteiger partial charge in [0.15, 0.2) is 0 Å². The Hall–Kier alpha value is 0.823. The molecule has 2 nitrogen and oxygen atoms in total. The molecule has 0 spiro atoms. The summed E-state index contributed by atoms with van der Waals surface area (Å²) in [5.41, 5.74) is 5.50. The van der Waals surface area contributed by atoms with Gasteiger partial charge in [-0.1, -0.05) is 18.6 Å². The zero-order valence-electron chi connectivity index (χ0n) is 8.32. The zero-order valence-corrected chi connectivity index (χ0v) is 12.9. The average Bonchev–Trinajstić information content (AvgIpc) is 1.97. The van der Waals surface area contributed by atoms with Gasteiger partial charge < -0.3 is 5.73 Å². The molecule has 0 radical (unpaired) electrons. The van der Waals surface area contributed by atoms with Crippen LogP contribution in [0.2, 0.25) is 0 Å². The maximum absolute atomic E-state index is 5.50. The number of thiocarbonyl (C=S) groups is 1. The first-order chi connectivity index (χ1) is 5.61.